The average Bonchev–Trinajstić information content (AvgIpc) is 3.18. The lowest BCUT2D eigenvalue weighted by Crippen LogP contribution is -2.46. The van der Waals surface area contributed by atoms with E-state index in [9.17, 15) is 19.8 Å². The number of carbonyl (C=O) groups excluding carboxylic acids is 2. The van der Waals surface area contributed by atoms with Gasteiger partial charge in [-0.3, -0.25) is 9.59 Å². The number of aliphatic hydroxyl groups is 2. The van der Waals surface area contributed by atoms with Crippen molar-refractivity contribution < 1.29 is 24.5 Å². The molecule has 0 radical (unpaired) electrons. The van der Waals surface area contributed by atoms with Crippen molar-refractivity contribution in [3.05, 3.63) is 24.3 Å². The number of ether oxygens (including phenoxy) is 1. The second-order valence-corrected chi connectivity index (χ2v) is 16.5. The summed E-state index contributed by atoms with van der Waals surface area (Å²) in [4.78, 5) is 26.0. The molecule has 6 heteroatoms. The predicted molar refractivity (Wildman–Crippen MR) is 236 cm³/mol. The maximum Gasteiger partial charge on any atom is 0.306 e. The van der Waals surface area contributed by atoms with E-state index in [0.717, 1.165) is 57.8 Å². The van der Waals surface area contributed by atoms with Gasteiger partial charge in [-0.1, -0.05) is 212 Å². The zero-order valence-electron chi connectivity index (χ0n) is 36.8. The standard InChI is InChI=1S/C49H93NO5/c1-4-7-10-13-16-19-21-23-24-25-27-30-33-36-39-42-49(54)55-45(40-37-34-31-29-26-22-20-17-14-11-8-5-2)43-48(53)50-46(44-51)47(52)41-38-35-32-28-18-15-12-9-6-3/h16,19,21,23,45-47,51-52H,4-15,17-18,20,22,24-44H2,1-3H3,(H,50,53)/b19-16+,23-21+. The van der Waals surface area contributed by atoms with E-state index in [1.165, 1.54) is 148 Å². The summed E-state index contributed by atoms with van der Waals surface area (Å²) in [6.45, 7) is 6.43. The summed E-state index contributed by atoms with van der Waals surface area (Å²) < 4.78 is 5.91. The number of esters is 1. The number of hydrogen-bond acceptors (Lipinski definition) is 5. The van der Waals surface area contributed by atoms with Crippen LogP contribution in [-0.2, 0) is 14.3 Å². The first-order chi connectivity index (χ1) is 27.0. The van der Waals surface area contributed by atoms with Gasteiger partial charge in [0.05, 0.1) is 25.2 Å². The van der Waals surface area contributed by atoms with Gasteiger partial charge < -0.3 is 20.3 Å². The number of aliphatic hydroxyl groups excluding tert-OH is 2. The summed E-state index contributed by atoms with van der Waals surface area (Å²) >= 11 is 0. The molecule has 0 heterocycles. The van der Waals surface area contributed by atoms with Crippen molar-refractivity contribution in [2.45, 2.75) is 270 Å². The summed E-state index contributed by atoms with van der Waals surface area (Å²) in [7, 11) is 0. The topological polar surface area (TPSA) is 95.9 Å². The van der Waals surface area contributed by atoms with Crippen LogP contribution in [0.1, 0.15) is 252 Å². The molecule has 0 aromatic rings. The quantitative estimate of drug-likeness (QED) is 0.0326. The number of allylic oxidation sites excluding steroid dienone is 4. The van der Waals surface area contributed by atoms with Gasteiger partial charge in [0, 0.05) is 6.42 Å². The molecule has 0 rings (SSSR count). The molecule has 1 amide bonds. The summed E-state index contributed by atoms with van der Waals surface area (Å²) in [6, 6.07) is -0.697. The molecular weight excluding hydrogens is 683 g/mol. The molecular formula is C49H93NO5. The molecule has 3 atom stereocenters. The monoisotopic (exact) mass is 776 g/mol. The Labute approximate surface area is 341 Å². The molecule has 6 nitrogen and oxygen atoms in total. The molecule has 55 heavy (non-hydrogen) atoms. The van der Waals surface area contributed by atoms with Crippen LogP contribution in [0.15, 0.2) is 24.3 Å². The van der Waals surface area contributed by atoms with E-state index in [4.69, 9.17) is 4.74 Å². The van der Waals surface area contributed by atoms with Crippen LogP contribution < -0.4 is 5.32 Å². The van der Waals surface area contributed by atoms with Crippen LogP contribution in [0.3, 0.4) is 0 Å². The number of nitrogens with one attached hydrogen (secondary N) is 1. The lowest BCUT2D eigenvalue weighted by molar-refractivity contribution is -0.151. The minimum absolute atomic E-state index is 0.0775. The summed E-state index contributed by atoms with van der Waals surface area (Å²) in [5.74, 6) is -0.478. The van der Waals surface area contributed by atoms with Crippen molar-refractivity contribution in [1.29, 1.82) is 0 Å². The molecule has 0 spiro atoms. The van der Waals surface area contributed by atoms with Gasteiger partial charge in [0.1, 0.15) is 6.10 Å². The minimum atomic E-state index is -0.783. The molecule has 0 aliphatic heterocycles. The van der Waals surface area contributed by atoms with Crippen molar-refractivity contribution in [1.82, 2.24) is 5.32 Å². The van der Waals surface area contributed by atoms with Gasteiger partial charge in [-0.15, -0.1) is 0 Å². The Morgan fingerprint density at radius 3 is 1.38 bits per heavy atom. The van der Waals surface area contributed by atoms with Crippen LogP contribution in [0, 0.1) is 0 Å². The highest BCUT2D eigenvalue weighted by molar-refractivity contribution is 5.77. The van der Waals surface area contributed by atoms with Crippen molar-refractivity contribution in [3.63, 3.8) is 0 Å². The molecule has 0 saturated carbocycles. The number of hydrogen-bond donors (Lipinski definition) is 3. The Hall–Kier alpha value is -1.66. The molecule has 0 bridgehead atoms. The highest BCUT2D eigenvalue weighted by atomic mass is 16.5. The largest absolute Gasteiger partial charge is 0.462 e. The van der Waals surface area contributed by atoms with E-state index >= 15 is 0 Å². The lowest BCUT2D eigenvalue weighted by Gasteiger charge is -2.24. The smallest absolute Gasteiger partial charge is 0.306 e. The van der Waals surface area contributed by atoms with E-state index < -0.39 is 18.2 Å². The van der Waals surface area contributed by atoms with E-state index in [1.54, 1.807) is 0 Å². The van der Waals surface area contributed by atoms with Crippen LogP contribution in [-0.4, -0.2) is 46.9 Å². The van der Waals surface area contributed by atoms with E-state index in [-0.39, 0.29) is 24.9 Å². The van der Waals surface area contributed by atoms with Crippen LogP contribution >= 0.6 is 0 Å². The Bertz CT molecular complexity index is 873. The fourth-order valence-electron chi connectivity index (χ4n) is 7.36. The highest BCUT2D eigenvalue weighted by Crippen LogP contribution is 2.18. The van der Waals surface area contributed by atoms with Gasteiger partial charge in [-0.05, 0) is 51.4 Å². The Kier molecular flexibility index (Phi) is 42.2. The van der Waals surface area contributed by atoms with Crippen molar-refractivity contribution in [2.75, 3.05) is 6.61 Å². The molecule has 0 aromatic heterocycles. The lowest BCUT2D eigenvalue weighted by atomic mass is 10.0. The van der Waals surface area contributed by atoms with Crippen LogP contribution in [0.4, 0.5) is 0 Å². The molecule has 0 saturated heterocycles. The van der Waals surface area contributed by atoms with Crippen molar-refractivity contribution >= 4 is 11.9 Å². The predicted octanol–water partition coefficient (Wildman–Crippen LogP) is 14.0. The average molecular weight is 776 g/mol. The number of amides is 1. The summed E-state index contributed by atoms with van der Waals surface area (Å²) in [5, 5.41) is 23.6. The molecule has 0 aliphatic carbocycles. The molecule has 3 N–H and O–H groups in total. The fraction of sp³-hybridized carbons (Fsp3) is 0.878. The molecule has 3 unspecified atom stereocenters. The second kappa shape index (κ2) is 43.5. The first-order valence-corrected chi connectivity index (χ1v) is 24.1. The Morgan fingerprint density at radius 2 is 0.909 bits per heavy atom. The van der Waals surface area contributed by atoms with E-state index in [0.29, 0.717) is 19.3 Å². The minimum Gasteiger partial charge on any atom is -0.462 e. The third-order valence-corrected chi connectivity index (χ3v) is 11.1. The van der Waals surface area contributed by atoms with Gasteiger partial charge in [0.25, 0.3) is 0 Å². The number of carbonyl (C=O) groups is 2. The molecule has 324 valence electrons. The van der Waals surface area contributed by atoms with Gasteiger partial charge in [-0.2, -0.15) is 0 Å². The number of unbranched alkanes of at least 4 members (excludes halogenated alkanes) is 28. The second-order valence-electron chi connectivity index (χ2n) is 16.5. The Morgan fingerprint density at radius 1 is 0.527 bits per heavy atom. The first-order valence-electron chi connectivity index (χ1n) is 24.1. The maximum absolute atomic E-state index is 13.1. The van der Waals surface area contributed by atoms with Crippen molar-refractivity contribution in [3.8, 4) is 0 Å². The van der Waals surface area contributed by atoms with Gasteiger partial charge in [0.15, 0.2) is 0 Å². The van der Waals surface area contributed by atoms with Crippen molar-refractivity contribution in [2.24, 2.45) is 0 Å². The maximum atomic E-state index is 13.1. The Balaban J connectivity index is 4.57. The SMILES string of the molecule is CCCCC/C=C/C=C/CCCCCCCCC(=O)OC(CCCCCCCCCCCCCC)CC(=O)NC(CO)C(O)CCCCCCCCCCC. The van der Waals surface area contributed by atoms with Gasteiger partial charge in [0.2, 0.25) is 5.91 Å². The zero-order chi connectivity index (χ0) is 40.3. The fourth-order valence-corrected chi connectivity index (χ4v) is 7.36. The van der Waals surface area contributed by atoms with Crippen LogP contribution in [0.25, 0.3) is 0 Å². The van der Waals surface area contributed by atoms with Crippen LogP contribution in [0.2, 0.25) is 0 Å². The molecule has 0 fully saturated rings. The first kappa shape index (κ1) is 53.3. The van der Waals surface area contributed by atoms with Crippen LogP contribution in [0.5, 0.6) is 0 Å². The normalized spacial score (nSPS) is 13.5. The number of rotatable bonds is 43. The highest BCUT2D eigenvalue weighted by Gasteiger charge is 2.24. The van der Waals surface area contributed by atoms with Gasteiger partial charge in [-0.25, -0.2) is 0 Å². The van der Waals surface area contributed by atoms with E-state index in [1.807, 2.05) is 0 Å². The third kappa shape index (κ3) is 39.0. The summed E-state index contributed by atoms with van der Waals surface area (Å²) in [5.41, 5.74) is 0. The summed E-state index contributed by atoms with van der Waals surface area (Å²) in [6.07, 6.45) is 48.0. The zero-order valence-corrected chi connectivity index (χ0v) is 36.8. The molecule has 0 aromatic carbocycles. The third-order valence-electron chi connectivity index (χ3n) is 11.1. The van der Waals surface area contributed by atoms with E-state index in [2.05, 4.69) is 50.4 Å². The van der Waals surface area contributed by atoms with Gasteiger partial charge >= 0.3 is 5.97 Å². The molecule has 0 aliphatic rings.